The molecule has 26 heavy (non-hydrogen) atoms. The second kappa shape index (κ2) is 7.81. The van der Waals surface area contributed by atoms with Gasteiger partial charge < -0.3 is 0 Å². The van der Waals surface area contributed by atoms with Gasteiger partial charge in [0.2, 0.25) is 5.13 Å². The highest BCUT2D eigenvalue weighted by Crippen LogP contribution is 2.29. The van der Waals surface area contributed by atoms with E-state index >= 15 is 0 Å². The van der Waals surface area contributed by atoms with Gasteiger partial charge in [-0.25, -0.2) is 4.98 Å². The predicted octanol–water partition coefficient (Wildman–Crippen LogP) is 4.33. The van der Waals surface area contributed by atoms with Gasteiger partial charge in [-0.3, -0.25) is 14.7 Å². The topological polar surface area (TPSA) is 72.7 Å². The number of carbonyl (C=O) groups is 1. The largest absolute Gasteiger partial charge is 0.295 e. The maximum atomic E-state index is 12.6. The Labute approximate surface area is 161 Å². The molecule has 3 heterocycles. The molecule has 0 fully saturated rings. The van der Waals surface area contributed by atoms with Crippen LogP contribution in [0.1, 0.15) is 15.4 Å². The SMILES string of the molecule is O=C(Nc1nnc(SCc2cccs2)s1)c1cncn1-c1ccccc1. The number of thioether (sulfide) groups is 1. The average Bonchev–Trinajstić information content (AvgIpc) is 3.42. The molecule has 0 aliphatic carbocycles. The fourth-order valence-corrected chi connectivity index (χ4v) is 4.78. The van der Waals surface area contributed by atoms with Gasteiger partial charge in [0.1, 0.15) is 5.69 Å². The summed E-state index contributed by atoms with van der Waals surface area (Å²) in [5, 5.41) is 13.5. The molecule has 0 aliphatic rings. The average molecular weight is 400 g/mol. The van der Waals surface area contributed by atoms with E-state index in [0.717, 1.165) is 15.8 Å². The number of nitrogens with one attached hydrogen (secondary N) is 1. The summed E-state index contributed by atoms with van der Waals surface area (Å²) in [5.74, 6) is 0.582. The smallest absolute Gasteiger partial charge is 0.276 e. The second-order valence-electron chi connectivity index (χ2n) is 5.18. The van der Waals surface area contributed by atoms with Crippen LogP contribution in [-0.4, -0.2) is 25.7 Å². The van der Waals surface area contributed by atoms with Crippen LogP contribution in [0, 0.1) is 0 Å². The minimum Gasteiger partial charge on any atom is -0.295 e. The first-order chi connectivity index (χ1) is 12.8. The second-order valence-corrected chi connectivity index (χ2v) is 8.41. The number of thiophene rings is 1. The minimum absolute atomic E-state index is 0.266. The van der Waals surface area contributed by atoms with Crippen molar-refractivity contribution in [1.29, 1.82) is 0 Å². The molecule has 0 atom stereocenters. The molecule has 4 rings (SSSR count). The number of nitrogens with zero attached hydrogens (tertiary/aromatic N) is 4. The van der Waals surface area contributed by atoms with E-state index in [0.29, 0.717) is 10.8 Å². The van der Waals surface area contributed by atoms with E-state index in [1.165, 1.54) is 22.4 Å². The molecule has 0 saturated carbocycles. The standard InChI is InChI=1S/C17H13N5OS3/c23-15(14-9-18-11-22(14)12-5-2-1-3-6-12)19-16-20-21-17(26-16)25-10-13-7-4-8-24-13/h1-9,11H,10H2,(H,19,20,23). The molecule has 0 radical (unpaired) electrons. The van der Waals surface area contributed by atoms with Gasteiger partial charge in [-0.2, -0.15) is 0 Å². The lowest BCUT2D eigenvalue weighted by molar-refractivity contribution is 0.102. The highest BCUT2D eigenvalue weighted by molar-refractivity contribution is 8.00. The molecule has 1 N–H and O–H groups in total. The fourth-order valence-electron chi connectivity index (χ4n) is 2.26. The first-order valence-corrected chi connectivity index (χ1v) is 10.4. The Bertz CT molecular complexity index is 995. The zero-order chi connectivity index (χ0) is 17.8. The van der Waals surface area contributed by atoms with Crippen LogP contribution in [0.25, 0.3) is 5.69 Å². The van der Waals surface area contributed by atoms with E-state index in [-0.39, 0.29) is 5.91 Å². The van der Waals surface area contributed by atoms with E-state index in [9.17, 15) is 4.79 Å². The molecule has 0 aliphatic heterocycles. The molecule has 3 aromatic heterocycles. The molecular formula is C17H13N5OS3. The molecule has 0 bridgehead atoms. The summed E-state index contributed by atoms with van der Waals surface area (Å²) < 4.78 is 2.56. The summed E-state index contributed by atoms with van der Waals surface area (Å²) in [6.45, 7) is 0. The van der Waals surface area contributed by atoms with E-state index in [1.807, 2.05) is 36.4 Å². The number of hydrogen-bond donors (Lipinski definition) is 1. The molecule has 0 saturated heterocycles. The van der Waals surface area contributed by atoms with E-state index in [2.05, 4.69) is 31.9 Å². The molecule has 6 nitrogen and oxygen atoms in total. The van der Waals surface area contributed by atoms with Gasteiger partial charge >= 0.3 is 0 Å². The number of imidazole rings is 1. The van der Waals surface area contributed by atoms with Crippen molar-refractivity contribution in [1.82, 2.24) is 19.7 Å². The number of amides is 1. The number of rotatable bonds is 6. The summed E-state index contributed by atoms with van der Waals surface area (Å²) >= 11 is 4.69. The molecule has 1 amide bonds. The van der Waals surface area contributed by atoms with Crippen molar-refractivity contribution in [3.05, 3.63) is 70.9 Å². The summed E-state index contributed by atoms with van der Waals surface area (Å²) in [6.07, 6.45) is 3.16. The molecule has 130 valence electrons. The predicted molar refractivity (Wildman–Crippen MR) is 105 cm³/mol. The van der Waals surface area contributed by atoms with E-state index in [1.54, 1.807) is 34.0 Å². The van der Waals surface area contributed by atoms with Crippen LogP contribution in [0.5, 0.6) is 0 Å². The van der Waals surface area contributed by atoms with Gasteiger partial charge in [-0.15, -0.1) is 21.5 Å². The fraction of sp³-hybridized carbons (Fsp3) is 0.0588. The summed E-state index contributed by atoms with van der Waals surface area (Å²) in [5.41, 5.74) is 1.32. The van der Waals surface area contributed by atoms with Crippen LogP contribution in [0.15, 0.2) is 64.7 Å². The normalized spacial score (nSPS) is 10.8. The quantitative estimate of drug-likeness (QED) is 0.386. The van der Waals surface area contributed by atoms with Gasteiger partial charge in [0.25, 0.3) is 5.91 Å². The maximum absolute atomic E-state index is 12.6. The Balaban J connectivity index is 1.44. The van der Waals surface area contributed by atoms with Crippen LogP contribution < -0.4 is 5.32 Å². The molecule has 0 spiro atoms. The van der Waals surface area contributed by atoms with Crippen LogP contribution in [0.2, 0.25) is 0 Å². The van der Waals surface area contributed by atoms with E-state index in [4.69, 9.17) is 0 Å². The van der Waals surface area contributed by atoms with Crippen molar-refractivity contribution >= 4 is 45.5 Å². The highest BCUT2D eigenvalue weighted by atomic mass is 32.2. The third-order valence-electron chi connectivity index (χ3n) is 3.45. The molecule has 1 aromatic carbocycles. The first-order valence-electron chi connectivity index (χ1n) is 7.67. The van der Waals surface area contributed by atoms with Crippen LogP contribution in [0.4, 0.5) is 5.13 Å². The lowest BCUT2D eigenvalue weighted by Gasteiger charge is -2.06. The highest BCUT2D eigenvalue weighted by Gasteiger charge is 2.15. The Kier molecular flexibility index (Phi) is 5.09. The number of para-hydroxylation sites is 1. The third kappa shape index (κ3) is 3.85. The van der Waals surface area contributed by atoms with Gasteiger partial charge in [-0.05, 0) is 23.6 Å². The number of carbonyl (C=O) groups excluding carboxylic acids is 1. The first kappa shape index (κ1) is 17.0. The number of hydrogen-bond acceptors (Lipinski definition) is 7. The number of anilines is 1. The van der Waals surface area contributed by atoms with Crippen molar-refractivity contribution in [2.45, 2.75) is 10.1 Å². The van der Waals surface area contributed by atoms with Crippen molar-refractivity contribution in [2.75, 3.05) is 5.32 Å². The van der Waals surface area contributed by atoms with Gasteiger partial charge in [0, 0.05) is 16.3 Å². The summed E-state index contributed by atoms with van der Waals surface area (Å²) in [6, 6.07) is 13.7. The molecular weight excluding hydrogens is 386 g/mol. The van der Waals surface area contributed by atoms with Crippen molar-refractivity contribution < 1.29 is 4.79 Å². The summed E-state index contributed by atoms with van der Waals surface area (Å²) in [7, 11) is 0. The van der Waals surface area contributed by atoms with Gasteiger partial charge in [0.15, 0.2) is 4.34 Å². The molecule has 4 aromatic rings. The Morgan fingerprint density at radius 2 is 2.04 bits per heavy atom. The van der Waals surface area contributed by atoms with Crippen molar-refractivity contribution in [2.24, 2.45) is 0 Å². The zero-order valence-electron chi connectivity index (χ0n) is 13.4. The lowest BCUT2D eigenvalue weighted by Crippen LogP contribution is -2.15. The van der Waals surface area contributed by atoms with Crippen LogP contribution >= 0.6 is 34.4 Å². The molecule has 9 heteroatoms. The Morgan fingerprint density at radius 1 is 1.15 bits per heavy atom. The summed E-state index contributed by atoms with van der Waals surface area (Å²) in [4.78, 5) is 18.0. The van der Waals surface area contributed by atoms with Crippen LogP contribution in [0.3, 0.4) is 0 Å². The zero-order valence-corrected chi connectivity index (χ0v) is 15.9. The van der Waals surface area contributed by atoms with E-state index < -0.39 is 0 Å². The Hall–Kier alpha value is -2.49. The van der Waals surface area contributed by atoms with Crippen LogP contribution in [-0.2, 0) is 5.75 Å². The monoisotopic (exact) mass is 399 g/mol. The lowest BCUT2D eigenvalue weighted by atomic mass is 10.3. The number of benzene rings is 1. The number of aromatic nitrogens is 4. The van der Waals surface area contributed by atoms with Crippen molar-refractivity contribution in [3.8, 4) is 5.69 Å². The van der Waals surface area contributed by atoms with Gasteiger partial charge in [0.05, 0.1) is 12.5 Å². The third-order valence-corrected chi connectivity index (χ3v) is 6.53. The van der Waals surface area contributed by atoms with Crippen molar-refractivity contribution in [3.63, 3.8) is 0 Å². The Morgan fingerprint density at radius 3 is 2.85 bits per heavy atom. The minimum atomic E-state index is -0.266. The molecule has 0 unspecified atom stereocenters. The van der Waals surface area contributed by atoms with Gasteiger partial charge in [-0.1, -0.05) is 47.4 Å². The maximum Gasteiger partial charge on any atom is 0.276 e.